The van der Waals surface area contributed by atoms with Crippen LogP contribution in [0.3, 0.4) is 0 Å². The lowest BCUT2D eigenvalue weighted by atomic mass is 9.49. The van der Waals surface area contributed by atoms with Crippen LogP contribution in [0.15, 0.2) is 11.8 Å². The van der Waals surface area contributed by atoms with E-state index in [2.05, 4.69) is 25.2 Å². The minimum Gasteiger partial charge on any atom is -0.456 e. The van der Waals surface area contributed by atoms with Crippen LogP contribution in [0.2, 0.25) is 0 Å². The van der Waals surface area contributed by atoms with Gasteiger partial charge in [0.15, 0.2) is 6.61 Å². The van der Waals surface area contributed by atoms with Crippen LogP contribution >= 0.6 is 0 Å². The minimum atomic E-state index is -0.426. The summed E-state index contributed by atoms with van der Waals surface area (Å²) in [7, 11) is 1.93. The highest BCUT2D eigenvalue weighted by molar-refractivity contribution is 5.80. The van der Waals surface area contributed by atoms with E-state index in [0.29, 0.717) is 24.2 Å². The summed E-state index contributed by atoms with van der Waals surface area (Å²) in [6.07, 6.45) is 9.31. The molecule has 4 aliphatic rings. The van der Waals surface area contributed by atoms with Crippen molar-refractivity contribution in [1.29, 1.82) is 0 Å². The van der Waals surface area contributed by atoms with Crippen molar-refractivity contribution in [1.82, 2.24) is 10.2 Å². The van der Waals surface area contributed by atoms with E-state index in [-0.39, 0.29) is 35.3 Å². The van der Waals surface area contributed by atoms with E-state index in [1.165, 1.54) is 12.6 Å². The van der Waals surface area contributed by atoms with E-state index in [9.17, 15) is 14.4 Å². The molecule has 29 heavy (non-hydrogen) atoms. The van der Waals surface area contributed by atoms with Crippen LogP contribution in [-0.4, -0.2) is 42.4 Å². The monoisotopic (exact) mass is 402 g/mol. The van der Waals surface area contributed by atoms with Crippen LogP contribution in [0, 0.1) is 28.6 Å². The van der Waals surface area contributed by atoms with Crippen LogP contribution in [0.1, 0.15) is 65.7 Å². The van der Waals surface area contributed by atoms with Gasteiger partial charge in [-0.3, -0.25) is 14.4 Å². The highest BCUT2D eigenvalue weighted by Gasteiger charge is 2.59. The third kappa shape index (κ3) is 3.19. The van der Waals surface area contributed by atoms with Gasteiger partial charge in [-0.15, -0.1) is 0 Å². The number of fused-ring (bicyclic) bond motifs is 5. The summed E-state index contributed by atoms with van der Waals surface area (Å²) in [5, 5.41) is 3.16. The van der Waals surface area contributed by atoms with Crippen LogP contribution in [0.25, 0.3) is 0 Å². The SMILES string of the molecule is CC(=O)OCC(=O)NC1CC[C@H]2[C@@H]3CC=C4N(C)C(=O)CC[C@]4(C)[C@@H]3CC[C@]12C. The summed E-state index contributed by atoms with van der Waals surface area (Å²) in [5.41, 5.74) is 1.41. The number of hydrogen-bond acceptors (Lipinski definition) is 4. The molecule has 0 radical (unpaired) electrons. The van der Waals surface area contributed by atoms with Crippen molar-refractivity contribution in [2.75, 3.05) is 13.7 Å². The van der Waals surface area contributed by atoms with Gasteiger partial charge in [0, 0.05) is 37.5 Å². The molecular weight excluding hydrogens is 368 g/mol. The second-order valence-electron chi connectivity index (χ2n) is 10.1. The molecule has 1 unspecified atom stereocenters. The van der Waals surface area contributed by atoms with Crippen LogP contribution < -0.4 is 5.32 Å². The van der Waals surface area contributed by atoms with Gasteiger partial charge < -0.3 is 15.0 Å². The number of piperidine rings is 1. The Hall–Kier alpha value is -1.85. The van der Waals surface area contributed by atoms with E-state index >= 15 is 0 Å². The molecule has 1 aliphatic heterocycles. The molecule has 0 aromatic heterocycles. The van der Waals surface area contributed by atoms with Crippen molar-refractivity contribution in [3.05, 3.63) is 11.8 Å². The number of carbonyl (C=O) groups excluding carboxylic acids is 3. The van der Waals surface area contributed by atoms with Gasteiger partial charge in [-0.2, -0.15) is 0 Å². The first-order chi connectivity index (χ1) is 13.7. The van der Waals surface area contributed by atoms with Gasteiger partial charge in [-0.25, -0.2) is 0 Å². The standard InChI is InChI=1S/C23H34N2O4/c1-14(26)29-13-20(27)24-18-7-6-16-15-5-8-19-23(3,12-10-21(28)25(19)4)17(15)9-11-22(16,18)2/h8,15-18H,5-7,9-13H2,1-4H3,(H,24,27)/t15-,16-,17+,18?,22-,23+/m0/s1. The molecule has 1 saturated heterocycles. The Bertz CT molecular complexity index is 762. The number of ether oxygens (including phenoxy) is 1. The molecule has 0 bridgehead atoms. The lowest BCUT2D eigenvalue weighted by Gasteiger charge is -2.58. The predicted molar refractivity (Wildman–Crippen MR) is 108 cm³/mol. The number of carbonyl (C=O) groups is 3. The van der Waals surface area contributed by atoms with E-state index in [1.54, 1.807) is 0 Å². The molecule has 6 heteroatoms. The molecule has 0 spiro atoms. The third-order valence-electron chi connectivity index (χ3n) is 8.76. The molecule has 0 aromatic carbocycles. The summed E-state index contributed by atoms with van der Waals surface area (Å²) >= 11 is 0. The zero-order chi connectivity index (χ0) is 21.0. The van der Waals surface area contributed by atoms with Gasteiger partial charge in [0.1, 0.15) is 0 Å². The normalized spacial score (nSPS) is 41.0. The maximum absolute atomic E-state index is 12.3. The topological polar surface area (TPSA) is 75.7 Å². The third-order valence-corrected chi connectivity index (χ3v) is 8.76. The molecule has 0 aromatic rings. The number of rotatable bonds is 3. The lowest BCUT2D eigenvalue weighted by molar-refractivity contribution is -0.147. The zero-order valence-corrected chi connectivity index (χ0v) is 18.1. The Kier molecular flexibility index (Phi) is 5.02. The smallest absolute Gasteiger partial charge is 0.303 e. The first-order valence-corrected chi connectivity index (χ1v) is 11.1. The molecule has 160 valence electrons. The number of allylic oxidation sites excluding steroid dienone is 2. The van der Waals surface area contributed by atoms with Gasteiger partial charge in [0.25, 0.3) is 5.91 Å². The molecule has 4 rings (SSSR count). The molecule has 6 atom stereocenters. The number of amides is 2. The Balaban J connectivity index is 1.52. The van der Waals surface area contributed by atoms with Crippen LogP contribution in [0.5, 0.6) is 0 Å². The fraction of sp³-hybridized carbons (Fsp3) is 0.783. The summed E-state index contributed by atoms with van der Waals surface area (Å²) < 4.78 is 4.87. The maximum atomic E-state index is 12.3. The molecule has 1 heterocycles. The average Bonchev–Trinajstić information content (AvgIpc) is 3.00. The van der Waals surface area contributed by atoms with Gasteiger partial charge in [-0.05, 0) is 61.7 Å². The van der Waals surface area contributed by atoms with Crippen molar-refractivity contribution in [2.24, 2.45) is 28.6 Å². The zero-order valence-electron chi connectivity index (χ0n) is 18.1. The van der Waals surface area contributed by atoms with E-state index in [0.717, 1.165) is 38.5 Å². The van der Waals surface area contributed by atoms with Gasteiger partial charge in [0.05, 0.1) is 0 Å². The van der Waals surface area contributed by atoms with Crippen molar-refractivity contribution in [3.63, 3.8) is 0 Å². The fourth-order valence-corrected chi connectivity index (χ4v) is 7.22. The Morgan fingerprint density at radius 2 is 1.97 bits per heavy atom. The summed E-state index contributed by atoms with van der Waals surface area (Å²) in [6, 6.07) is 0.144. The predicted octanol–water partition coefficient (Wildman–Crippen LogP) is 3.02. The summed E-state index contributed by atoms with van der Waals surface area (Å²) in [4.78, 5) is 37.4. The van der Waals surface area contributed by atoms with Gasteiger partial charge in [-0.1, -0.05) is 19.9 Å². The Morgan fingerprint density at radius 1 is 1.21 bits per heavy atom. The number of nitrogens with zero attached hydrogens (tertiary/aromatic N) is 1. The van der Waals surface area contributed by atoms with Crippen molar-refractivity contribution >= 4 is 17.8 Å². The Morgan fingerprint density at radius 3 is 2.69 bits per heavy atom. The van der Waals surface area contributed by atoms with Gasteiger partial charge in [0.2, 0.25) is 5.91 Å². The van der Waals surface area contributed by atoms with E-state index in [4.69, 9.17) is 4.74 Å². The van der Waals surface area contributed by atoms with Gasteiger partial charge >= 0.3 is 5.97 Å². The Labute approximate surface area is 173 Å². The van der Waals surface area contributed by atoms with Crippen LogP contribution in [0.4, 0.5) is 0 Å². The minimum absolute atomic E-state index is 0.0869. The first-order valence-electron chi connectivity index (χ1n) is 11.1. The second-order valence-corrected chi connectivity index (χ2v) is 10.1. The lowest BCUT2D eigenvalue weighted by Crippen LogP contribution is -2.56. The second kappa shape index (κ2) is 7.13. The average molecular weight is 403 g/mol. The van der Waals surface area contributed by atoms with Crippen molar-refractivity contribution < 1.29 is 19.1 Å². The fourth-order valence-electron chi connectivity index (χ4n) is 7.22. The first kappa shape index (κ1) is 20.4. The summed E-state index contributed by atoms with van der Waals surface area (Å²) in [5.74, 6) is 1.41. The molecule has 3 fully saturated rings. The summed E-state index contributed by atoms with van der Waals surface area (Å²) in [6.45, 7) is 5.84. The molecule has 1 N–H and O–H groups in total. The molecule has 2 amide bonds. The number of hydrogen-bond donors (Lipinski definition) is 1. The van der Waals surface area contributed by atoms with Crippen LogP contribution in [-0.2, 0) is 19.1 Å². The quantitative estimate of drug-likeness (QED) is 0.737. The molecular formula is C23H34N2O4. The molecule has 3 aliphatic carbocycles. The molecule has 6 nitrogen and oxygen atoms in total. The van der Waals surface area contributed by atoms with E-state index in [1.807, 2.05) is 11.9 Å². The maximum Gasteiger partial charge on any atom is 0.303 e. The highest BCUT2D eigenvalue weighted by Crippen LogP contribution is 2.64. The highest BCUT2D eigenvalue weighted by atomic mass is 16.5. The van der Waals surface area contributed by atoms with Crippen molar-refractivity contribution in [3.8, 4) is 0 Å². The number of esters is 1. The largest absolute Gasteiger partial charge is 0.456 e. The van der Waals surface area contributed by atoms with Crippen molar-refractivity contribution in [2.45, 2.75) is 71.8 Å². The van der Waals surface area contributed by atoms with E-state index < -0.39 is 5.97 Å². The molecule has 2 saturated carbocycles. The number of nitrogens with one attached hydrogen (secondary N) is 1. The number of likely N-dealkylation sites (tertiary alicyclic amines) is 1.